The molecule has 17 heavy (non-hydrogen) atoms. The van der Waals surface area contributed by atoms with Crippen molar-refractivity contribution >= 4 is 17.5 Å². The number of carbonyl (C=O) groups is 1. The molecule has 88 valence electrons. The minimum Gasteiger partial charge on any atom is -0.347 e. The quantitative estimate of drug-likeness (QED) is 0.800. The number of hydrogen-bond acceptors (Lipinski definition) is 1. The SMILES string of the molecule is C#Cc1ccc(C(=O)NC2(C)CCC2)c(Cl)c1. The highest BCUT2D eigenvalue weighted by atomic mass is 35.5. The Morgan fingerprint density at radius 1 is 1.53 bits per heavy atom. The molecule has 1 saturated carbocycles. The minimum absolute atomic E-state index is 0.0643. The number of nitrogens with one attached hydrogen (secondary N) is 1. The molecule has 0 unspecified atom stereocenters. The summed E-state index contributed by atoms with van der Waals surface area (Å²) in [6.07, 6.45) is 8.49. The second-order valence-electron chi connectivity index (χ2n) is 4.71. The fourth-order valence-electron chi connectivity index (χ4n) is 1.96. The highest BCUT2D eigenvalue weighted by Gasteiger charge is 2.33. The van der Waals surface area contributed by atoms with Crippen LogP contribution in [0, 0.1) is 12.3 Å². The van der Waals surface area contributed by atoms with E-state index < -0.39 is 0 Å². The first-order valence-corrected chi connectivity index (χ1v) is 6.00. The molecule has 0 radical (unpaired) electrons. The maximum Gasteiger partial charge on any atom is 0.253 e. The zero-order valence-corrected chi connectivity index (χ0v) is 10.5. The number of carbonyl (C=O) groups excluding carboxylic acids is 1. The molecule has 2 rings (SSSR count). The predicted octanol–water partition coefficient (Wildman–Crippen LogP) is 2.99. The fourth-order valence-corrected chi connectivity index (χ4v) is 2.23. The van der Waals surface area contributed by atoms with E-state index in [1.807, 2.05) is 0 Å². The molecule has 1 aromatic rings. The van der Waals surface area contributed by atoms with Gasteiger partial charge in [0, 0.05) is 11.1 Å². The summed E-state index contributed by atoms with van der Waals surface area (Å²) in [5.41, 5.74) is 1.10. The van der Waals surface area contributed by atoms with Gasteiger partial charge in [0.15, 0.2) is 0 Å². The van der Waals surface area contributed by atoms with E-state index in [2.05, 4.69) is 18.2 Å². The number of halogens is 1. The van der Waals surface area contributed by atoms with Crippen LogP contribution in [0.4, 0.5) is 0 Å². The van der Waals surface area contributed by atoms with Gasteiger partial charge in [0.05, 0.1) is 10.6 Å². The maximum absolute atomic E-state index is 12.0. The lowest BCUT2D eigenvalue weighted by Crippen LogP contribution is -2.50. The Kier molecular flexibility index (Phi) is 3.13. The van der Waals surface area contributed by atoms with Crippen molar-refractivity contribution in [2.75, 3.05) is 0 Å². The van der Waals surface area contributed by atoms with Gasteiger partial charge >= 0.3 is 0 Å². The highest BCUT2D eigenvalue weighted by molar-refractivity contribution is 6.34. The van der Waals surface area contributed by atoms with Crippen molar-refractivity contribution in [3.05, 3.63) is 34.3 Å². The maximum atomic E-state index is 12.0. The van der Waals surface area contributed by atoms with E-state index >= 15 is 0 Å². The first-order valence-electron chi connectivity index (χ1n) is 5.63. The molecule has 1 amide bonds. The zero-order valence-electron chi connectivity index (χ0n) is 9.72. The molecule has 2 nitrogen and oxygen atoms in total. The lowest BCUT2D eigenvalue weighted by molar-refractivity contribution is 0.0850. The molecule has 0 aliphatic heterocycles. The number of amides is 1. The topological polar surface area (TPSA) is 29.1 Å². The van der Waals surface area contributed by atoms with Gasteiger partial charge in [-0.25, -0.2) is 0 Å². The van der Waals surface area contributed by atoms with E-state index in [-0.39, 0.29) is 11.4 Å². The normalized spacial score (nSPS) is 16.8. The number of terminal acetylenes is 1. The van der Waals surface area contributed by atoms with Crippen molar-refractivity contribution in [2.45, 2.75) is 31.7 Å². The van der Waals surface area contributed by atoms with Crippen LogP contribution in [0.15, 0.2) is 18.2 Å². The summed E-state index contributed by atoms with van der Waals surface area (Å²) in [5, 5.41) is 3.42. The second-order valence-corrected chi connectivity index (χ2v) is 5.11. The summed E-state index contributed by atoms with van der Waals surface area (Å²) < 4.78 is 0. The molecule has 1 N–H and O–H groups in total. The van der Waals surface area contributed by atoms with Gasteiger partial charge in [0.1, 0.15) is 0 Å². The molecular formula is C14H14ClNO. The van der Waals surface area contributed by atoms with Gasteiger partial charge in [-0.3, -0.25) is 4.79 Å². The van der Waals surface area contributed by atoms with E-state index in [0.29, 0.717) is 16.1 Å². The third-order valence-corrected chi connectivity index (χ3v) is 3.57. The molecule has 1 fully saturated rings. The van der Waals surface area contributed by atoms with Gasteiger partial charge in [-0.05, 0) is 44.4 Å². The second kappa shape index (κ2) is 4.43. The largest absolute Gasteiger partial charge is 0.347 e. The molecule has 1 aromatic carbocycles. The zero-order chi connectivity index (χ0) is 12.5. The first kappa shape index (κ1) is 12.0. The molecule has 1 aliphatic carbocycles. The van der Waals surface area contributed by atoms with Gasteiger partial charge in [0.25, 0.3) is 5.91 Å². The van der Waals surface area contributed by atoms with Crippen molar-refractivity contribution in [3.8, 4) is 12.3 Å². The van der Waals surface area contributed by atoms with Crippen LogP contribution >= 0.6 is 11.6 Å². The van der Waals surface area contributed by atoms with Crippen LogP contribution in [0.1, 0.15) is 42.1 Å². The molecule has 1 aliphatic rings. The van der Waals surface area contributed by atoms with E-state index in [0.717, 1.165) is 12.8 Å². The van der Waals surface area contributed by atoms with E-state index in [9.17, 15) is 4.79 Å². The molecule has 0 bridgehead atoms. The van der Waals surface area contributed by atoms with Crippen LogP contribution in [0.5, 0.6) is 0 Å². The third kappa shape index (κ3) is 2.45. The van der Waals surface area contributed by atoms with E-state index in [4.69, 9.17) is 18.0 Å². The average Bonchev–Trinajstić information content (AvgIpc) is 2.26. The molecule has 0 spiro atoms. The molecule has 0 saturated heterocycles. The Morgan fingerprint density at radius 3 is 2.71 bits per heavy atom. The van der Waals surface area contributed by atoms with Crippen LogP contribution in [0.3, 0.4) is 0 Å². The summed E-state index contributed by atoms with van der Waals surface area (Å²) in [6.45, 7) is 2.05. The van der Waals surface area contributed by atoms with Crippen molar-refractivity contribution < 1.29 is 4.79 Å². The summed E-state index contributed by atoms with van der Waals surface area (Å²) >= 11 is 6.04. The van der Waals surface area contributed by atoms with Gasteiger partial charge < -0.3 is 5.32 Å². The van der Waals surface area contributed by atoms with Crippen molar-refractivity contribution in [1.29, 1.82) is 0 Å². The number of hydrogen-bond donors (Lipinski definition) is 1. The molecule has 3 heteroatoms. The summed E-state index contributed by atoms with van der Waals surface area (Å²) in [5.74, 6) is 2.36. The average molecular weight is 248 g/mol. The Bertz CT molecular complexity index is 497. The lowest BCUT2D eigenvalue weighted by atomic mass is 9.78. The van der Waals surface area contributed by atoms with Crippen LogP contribution in [-0.2, 0) is 0 Å². The van der Waals surface area contributed by atoms with Gasteiger partial charge in [-0.1, -0.05) is 17.5 Å². The molecule has 0 heterocycles. The fraction of sp³-hybridized carbons (Fsp3) is 0.357. The number of rotatable bonds is 2. The standard InChI is InChI=1S/C14H14ClNO/c1-3-10-5-6-11(12(15)9-10)13(17)16-14(2)7-4-8-14/h1,5-6,9H,4,7-8H2,2H3,(H,16,17). The van der Waals surface area contributed by atoms with E-state index in [1.165, 1.54) is 6.42 Å². The van der Waals surface area contributed by atoms with Gasteiger partial charge in [0.2, 0.25) is 0 Å². The third-order valence-electron chi connectivity index (χ3n) is 3.25. The minimum atomic E-state index is -0.124. The van der Waals surface area contributed by atoms with Crippen molar-refractivity contribution in [1.82, 2.24) is 5.32 Å². The lowest BCUT2D eigenvalue weighted by Gasteiger charge is -2.39. The van der Waals surface area contributed by atoms with Gasteiger partial charge in [-0.15, -0.1) is 6.42 Å². The Morgan fingerprint density at radius 2 is 2.24 bits per heavy atom. The first-order chi connectivity index (χ1) is 8.04. The summed E-state index contributed by atoms with van der Waals surface area (Å²) in [7, 11) is 0. The molecule has 0 atom stereocenters. The Hall–Kier alpha value is -1.46. The molecule has 0 aromatic heterocycles. The molecular weight excluding hydrogens is 234 g/mol. The summed E-state index contributed by atoms with van der Waals surface area (Å²) in [4.78, 5) is 12.0. The highest BCUT2D eigenvalue weighted by Crippen LogP contribution is 2.31. The number of benzene rings is 1. The van der Waals surface area contributed by atoms with Crippen LogP contribution in [-0.4, -0.2) is 11.4 Å². The smallest absolute Gasteiger partial charge is 0.253 e. The van der Waals surface area contributed by atoms with Crippen molar-refractivity contribution in [3.63, 3.8) is 0 Å². The van der Waals surface area contributed by atoms with Gasteiger partial charge in [-0.2, -0.15) is 0 Å². The van der Waals surface area contributed by atoms with E-state index in [1.54, 1.807) is 18.2 Å². The van der Waals surface area contributed by atoms with Crippen LogP contribution in [0.25, 0.3) is 0 Å². The Balaban J connectivity index is 2.17. The monoisotopic (exact) mass is 247 g/mol. The summed E-state index contributed by atoms with van der Waals surface area (Å²) in [6, 6.07) is 5.04. The van der Waals surface area contributed by atoms with Crippen molar-refractivity contribution in [2.24, 2.45) is 0 Å². The predicted molar refractivity (Wildman–Crippen MR) is 69.1 cm³/mol. The Labute approximate surface area is 106 Å². The van der Waals surface area contributed by atoms with Crippen LogP contribution < -0.4 is 5.32 Å². The van der Waals surface area contributed by atoms with Crippen LogP contribution in [0.2, 0.25) is 5.02 Å².